The van der Waals surface area contributed by atoms with E-state index in [0.717, 1.165) is 12.1 Å². The van der Waals surface area contributed by atoms with E-state index in [9.17, 15) is 13.2 Å². The molecule has 0 aliphatic heterocycles. The topological polar surface area (TPSA) is 9.23 Å². The number of halogens is 3. The van der Waals surface area contributed by atoms with Crippen molar-refractivity contribution in [3.8, 4) is 5.75 Å². The average Bonchev–Trinajstić information content (AvgIpc) is 2.17. The number of alkyl halides is 3. The van der Waals surface area contributed by atoms with Gasteiger partial charge in [0.15, 0.2) is 0 Å². The maximum Gasteiger partial charge on any atom is 0.416 e. The fraction of sp³-hybridized carbons (Fsp3) is 0.333. The number of rotatable bonds is 4. The smallest absolute Gasteiger partial charge is 0.416 e. The van der Waals surface area contributed by atoms with Crippen LogP contribution in [0.5, 0.6) is 5.75 Å². The van der Waals surface area contributed by atoms with E-state index < -0.39 is 11.7 Å². The highest BCUT2D eigenvalue weighted by Gasteiger charge is 2.30. The van der Waals surface area contributed by atoms with Crippen LogP contribution in [0.1, 0.15) is 18.9 Å². The minimum atomic E-state index is -4.33. The first-order valence-corrected chi connectivity index (χ1v) is 4.88. The molecule has 0 spiro atoms. The summed E-state index contributed by atoms with van der Waals surface area (Å²) in [6.45, 7) is 5.32. The van der Waals surface area contributed by atoms with Crippen LogP contribution in [-0.2, 0) is 6.18 Å². The zero-order chi connectivity index (χ0) is 12.2. The van der Waals surface area contributed by atoms with Crippen molar-refractivity contribution in [1.82, 2.24) is 0 Å². The Hall–Kier alpha value is -1.45. The van der Waals surface area contributed by atoms with Crippen LogP contribution < -0.4 is 4.74 Å². The van der Waals surface area contributed by atoms with Crippen LogP contribution >= 0.6 is 0 Å². The zero-order valence-electron chi connectivity index (χ0n) is 8.92. The van der Waals surface area contributed by atoms with Crippen molar-refractivity contribution in [1.29, 1.82) is 0 Å². The number of benzene rings is 1. The minimum Gasteiger partial charge on any atom is -0.490 e. The summed E-state index contributed by atoms with van der Waals surface area (Å²) in [5.41, 5.74) is -0.698. The number of hydrogen-bond donors (Lipinski definition) is 0. The van der Waals surface area contributed by atoms with Crippen molar-refractivity contribution in [3.63, 3.8) is 0 Å². The van der Waals surface area contributed by atoms with Crippen molar-refractivity contribution in [2.24, 2.45) is 0 Å². The zero-order valence-corrected chi connectivity index (χ0v) is 8.92. The van der Waals surface area contributed by atoms with Gasteiger partial charge >= 0.3 is 6.18 Å². The van der Waals surface area contributed by atoms with Gasteiger partial charge in [-0.3, -0.25) is 0 Å². The van der Waals surface area contributed by atoms with E-state index in [-0.39, 0.29) is 11.9 Å². The van der Waals surface area contributed by atoms with Gasteiger partial charge in [0.1, 0.15) is 5.75 Å². The molecule has 1 unspecified atom stereocenters. The third kappa shape index (κ3) is 3.61. The van der Waals surface area contributed by atoms with Crippen molar-refractivity contribution in [2.75, 3.05) is 0 Å². The molecule has 1 nitrogen and oxygen atoms in total. The summed E-state index contributed by atoms with van der Waals surface area (Å²) in [5.74, 6) is 0.226. The largest absolute Gasteiger partial charge is 0.490 e. The normalized spacial score (nSPS) is 13.2. The van der Waals surface area contributed by atoms with Gasteiger partial charge in [0.2, 0.25) is 0 Å². The first-order valence-electron chi connectivity index (χ1n) is 4.88. The highest BCUT2D eigenvalue weighted by atomic mass is 19.4. The summed E-state index contributed by atoms with van der Waals surface area (Å²) >= 11 is 0. The van der Waals surface area contributed by atoms with E-state index in [1.165, 1.54) is 12.1 Å². The van der Waals surface area contributed by atoms with Crippen LogP contribution in [0.3, 0.4) is 0 Å². The highest BCUT2D eigenvalue weighted by Crippen LogP contribution is 2.31. The van der Waals surface area contributed by atoms with E-state index in [0.29, 0.717) is 6.42 Å². The van der Waals surface area contributed by atoms with E-state index in [1.807, 2.05) is 0 Å². The summed E-state index contributed by atoms with van der Waals surface area (Å²) in [6.07, 6.45) is -2.25. The predicted molar refractivity (Wildman–Crippen MR) is 56.3 cm³/mol. The van der Waals surface area contributed by atoms with Gasteiger partial charge in [-0.1, -0.05) is 12.1 Å². The van der Waals surface area contributed by atoms with Gasteiger partial charge in [0.25, 0.3) is 0 Å². The Morgan fingerprint density at radius 1 is 1.44 bits per heavy atom. The molecule has 0 aromatic heterocycles. The SMILES string of the molecule is C=CCC(C)Oc1cccc(C(F)(F)F)c1. The van der Waals surface area contributed by atoms with Crippen molar-refractivity contribution < 1.29 is 17.9 Å². The van der Waals surface area contributed by atoms with Crippen LogP contribution in [0.25, 0.3) is 0 Å². The Kier molecular flexibility index (Phi) is 3.99. The molecule has 0 N–H and O–H groups in total. The van der Waals surface area contributed by atoms with Gasteiger partial charge in [0.05, 0.1) is 11.7 Å². The standard InChI is InChI=1S/C12H13F3O/c1-3-5-9(2)16-11-7-4-6-10(8-11)12(13,14)15/h3-4,6-9H,1,5H2,2H3. The second-order valence-corrected chi connectivity index (χ2v) is 3.48. The van der Waals surface area contributed by atoms with Gasteiger partial charge in [-0.05, 0) is 25.1 Å². The van der Waals surface area contributed by atoms with Crippen molar-refractivity contribution in [3.05, 3.63) is 42.5 Å². The molecule has 88 valence electrons. The monoisotopic (exact) mass is 230 g/mol. The third-order valence-corrected chi connectivity index (χ3v) is 2.00. The summed E-state index contributed by atoms with van der Waals surface area (Å²) in [6, 6.07) is 4.86. The fourth-order valence-corrected chi connectivity index (χ4v) is 1.26. The van der Waals surface area contributed by atoms with Gasteiger partial charge < -0.3 is 4.74 Å². The molecule has 0 bridgehead atoms. The molecule has 0 aliphatic carbocycles. The van der Waals surface area contributed by atoms with Crippen molar-refractivity contribution >= 4 is 0 Å². The quantitative estimate of drug-likeness (QED) is 0.709. The molecule has 0 saturated carbocycles. The summed E-state index contributed by atoms with van der Waals surface area (Å²) in [7, 11) is 0. The number of hydrogen-bond acceptors (Lipinski definition) is 1. The van der Waals surface area contributed by atoms with E-state index in [2.05, 4.69) is 6.58 Å². The van der Waals surface area contributed by atoms with E-state index in [4.69, 9.17) is 4.74 Å². The number of ether oxygens (including phenoxy) is 1. The molecule has 1 aromatic rings. The minimum absolute atomic E-state index is 0.180. The second kappa shape index (κ2) is 5.05. The van der Waals surface area contributed by atoms with Crippen LogP contribution in [0.15, 0.2) is 36.9 Å². The molecule has 4 heteroatoms. The molecular weight excluding hydrogens is 217 g/mol. The summed E-state index contributed by atoms with van der Waals surface area (Å²) in [4.78, 5) is 0. The van der Waals surface area contributed by atoms with Crippen LogP contribution in [-0.4, -0.2) is 6.10 Å². The average molecular weight is 230 g/mol. The molecule has 1 aromatic carbocycles. The van der Waals surface area contributed by atoms with Gasteiger partial charge in [-0.2, -0.15) is 13.2 Å². The Morgan fingerprint density at radius 3 is 2.69 bits per heavy atom. The maximum absolute atomic E-state index is 12.4. The fourth-order valence-electron chi connectivity index (χ4n) is 1.26. The maximum atomic E-state index is 12.4. The molecule has 0 fully saturated rings. The first kappa shape index (κ1) is 12.6. The molecule has 16 heavy (non-hydrogen) atoms. The van der Waals surface area contributed by atoms with Gasteiger partial charge in [-0.25, -0.2) is 0 Å². The third-order valence-electron chi connectivity index (χ3n) is 2.00. The lowest BCUT2D eigenvalue weighted by Gasteiger charge is -2.14. The lowest BCUT2D eigenvalue weighted by atomic mass is 10.2. The molecule has 0 aliphatic rings. The van der Waals surface area contributed by atoms with Crippen LogP contribution in [0.2, 0.25) is 0 Å². The van der Waals surface area contributed by atoms with Crippen LogP contribution in [0.4, 0.5) is 13.2 Å². The molecule has 0 amide bonds. The Balaban J connectivity index is 2.79. The first-order chi connectivity index (χ1) is 7.43. The Morgan fingerprint density at radius 2 is 2.12 bits per heavy atom. The van der Waals surface area contributed by atoms with Crippen molar-refractivity contribution in [2.45, 2.75) is 25.6 Å². The highest BCUT2D eigenvalue weighted by molar-refractivity contribution is 5.30. The molecular formula is C12H13F3O. The van der Waals surface area contributed by atoms with Crippen LogP contribution in [0, 0.1) is 0 Å². The predicted octanol–water partition coefficient (Wildman–Crippen LogP) is 4.05. The molecule has 1 rings (SSSR count). The summed E-state index contributed by atoms with van der Waals surface area (Å²) in [5, 5.41) is 0. The Bertz CT molecular complexity index is 358. The second-order valence-electron chi connectivity index (χ2n) is 3.48. The van der Waals surface area contributed by atoms with E-state index in [1.54, 1.807) is 13.0 Å². The Labute approximate surface area is 92.5 Å². The lowest BCUT2D eigenvalue weighted by Crippen LogP contribution is -2.11. The molecule has 1 atom stereocenters. The molecule has 0 radical (unpaired) electrons. The molecule has 0 heterocycles. The van der Waals surface area contributed by atoms with Gasteiger partial charge in [-0.15, -0.1) is 6.58 Å². The lowest BCUT2D eigenvalue weighted by molar-refractivity contribution is -0.137. The van der Waals surface area contributed by atoms with Gasteiger partial charge in [0, 0.05) is 6.42 Å². The summed E-state index contributed by atoms with van der Waals surface area (Å²) < 4.78 is 42.5. The molecule has 0 saturated heterocycles. The van der Waals surface area contributed by atoms with E-state index >= 15 is 0 Å².